The third-order valence-electron chi connectivity index (χ3n) is 11.8. The molecule has 0 aromatic heterocycles. The minimum absolute atomic E-state index is 0.0342. The number of unbranched alkanes of at least 4 members (excludes halogenated alkanes) is 24. The molecule has 0 aromatic rings. The molecule has 376 valence electrons. The highest BCUT2D eigenvalue weighted by Crippen LogP contribution is 2.17. The molecule has 0 spiro atoms. The molecule has 0 aliphatic rings. The van der Waals surface area contributed by atoms with Crippen LogP contribution in [0.4, 0.5) is 0 Å². The zero-order valence-corrected chi connectivity index (χ0v) is 42.8. The normalized spacial score (nSPS) is 14.1. The zero-order valence-electron chi connectivity index (χ0n) is 42.8. The summed E-state index contributed by atoms with van der Waals surface area (Å²) in [6, 6.07) is -0.728. The Morgan fingerprint density at radius 3 is 1.32 bits per heavy atom. The van der Waals surface area contributed by atoms with Crippen molar-refractivity contribution in [1.82, 2.24) is 5.32 Å². The van der Waals surface area contributed by atoms with Gasteiger partial charge in [0.1, 0.15) is 6.10 Å². The van der Waals surface area contributed by atoms with E-state index in [-0.39, 0.29) is 24.9 Å². The molecule has 66 heavy (non-hydrogen) atoms. The largest absolute Gasteiger partial charge is 0.462 e. The van der Waals surface area contributed by atoms with E-state index < -0.39 is 18.2 Å². The second-order valence-electron chi connectivity index (χ2n) is 18.1. The summed E-state index contributed by atoms with van der Waals surface area (Å²) in [6.07, 6.45) is 71.4. The Balaban J connectivity index is 4.66. The second kappa shape index (κ2) is 52.5. The van der Waals surface area contributed by atoms with Gasteiger partial charge in [0, 0.05) is 6.42 Å². The highest BCUT2D eigenvalue weighted by molar-refractivity contribution is 5.77. The van der Waals surface area contributed by atoms with Gasteiger partial charge in [-0.1, -0.05) is 265 Å². The summed E-state index contributed by atoms with van der Waals surface area (Å²) in [5.74, 6) is -0.549. The van der Waals surface area contributed by atoms with Crippen molar-refractivity contribution < 1.29 is 24.5 Å². The van der Waals surface area contributed by atoms with Crippen molar-refractivity contribution in [1.29, 1.82) is 0 Å². The van der Waals surface area contributed by atoms with E-state index >= 15 is 0 Å². The first kappa shape index (κ1) is 62.5. The monoisotopic (exact) mass is 916 g/mol. The molecule has 6 nitrogen and oxygen atoms in total. The molecule has 0 saturated carbocycles. The van der Waals surface area contributed by atoms with Gasteiger partial charge in [-0.3, -0.25) is 9.59 Å². The van der Waals surface area contributed by atoms with Gasteiger partial charge in [-0.15, -0.1) is 0 Å². The number of nitrogens with one attached hydrogen (secondary N) is 1. The van der Waals surface area contributed by atoms with Crippen LogP contribution in [0.15, 0.2) is 109 Å². The number of carbonyl (C=O) groups is 2. The topological polar surface area (TPSA) is 95.9 Å². The van der Waals surface area contributed by atoms with E-state index in [0.29, 0.717) is 19.3 Å². The summed E-state index contributed by atoms with van der Waals surface area (Å²) >= 11 is 0. The van der Waals surface area contributed by atoms with Gasteiger partial charge in [-0.2, -0.15) is 0 Å². The van der Waals surface area contributed by atoms with Crippen molar-refractivity contribution >= 4 is 11.9 Å². The summed E-state index contributed by atoms with van der Waals surface area (Å²) in [6.45, 7) is 6.24. The number of aliphatic hydroxyl groups is 2. The van der Waals surface area contributed by atoms with Crippen LogP contribution in [0.1, 0.15) is 233 Å². The average Bonchev–Trinajstić information content (AvgIpc) is 3.31. The number of carbonyl (C=O) groups excluding carboxylic acids is 2. The molecule has 0 bridgehead atoms. The van der Waals surface area contributed by atoms with E-state index in [1.165, 1.54) is 89.9 Å². The third-order valence-corrected chi connectivity index (χ3v) is 11.8. The Labute approximate surface area is 407 Å². The number of ether oxygens (including phenoxy) is 1. The number of aliphatic hydroxyl groups excluding tert-OH is 2. The number of hydrogen-bond donors (Lipinski definition) is 3. The van der Waals surface area contributed by atoms with Crippen molar-refractivity contribution in [2.45, 2.75) is 251 Å². The highest BCUT2D eigenvalue weighted by atomic mass is 16.5. The van der Waals surface area contributed by atoms with Crippen LogP contribution in [0.3, 0.4) is 0 Å². The van der Waals surface area contributed by atoms with Gasteiger partial charge in [0.15, 0.2) is 0 Å². The van der Waals surface area contributed by atoms with E-state index in [4.69, 9.17) is 4.74 Å². The first-order valence-corrected chi connectivity index (χ1v) is 27.2. The molecule has 0 aromatic carbocycles. The lowest BCUT2D eigenvalue weighted by Crippen LogP contribution is -2.46. The number of esters is 1. The molecule has 0 heterocycles. The maximum absolute atomic E-state index is 13.2. The van der Waals surface area contributed by atoms with Crippen molar-refractivity contribution in [3.8, 4) is 0 Å². The van der Waals surface area contributed by atoms with Gasteiger partial charge < -0.3 is 20.3 Å². The fourth-order valence-corrected chi connectivity index (χ4v) is 7.71. The molecule has 1 amide bonds. The predicted molar refractivity (Wildman–Crippen MR) is 287 cm³/mol. The van der Waals surface area contributed by atoms with E-state index in [1.54, 1.807) is 0 Å². The van der Waals surface area contributed by atoms with E-state index in [9.17, 15) is 19.8 Å². The van der Waals surface area contributed by atoms with E-state index in [0.717, 1.165) is 96.3 Å². The molecule has 0 fully saturated rings. The lowest BCUT2D eigenvalue weighted by atomic mass is 10.0. The van der Waals surface area contributed by atoms with Gasteiger partial charge >= 0.3 is 5.97 Å². The van der Waals surface area contributed by atoms with Gasteiger partial charge in [0.25, 0.3) is 0 Å². The van der Waals surface area contributed by atoms with Crippen LogP contribution in [-0.4, -0.2) is 46.9 Å². The quantitative estimate of drug-likeness (QED) is 0.0321. The molecule has 0 radical (unpaired) electrons. The molecule has 6 heteroatoms. The minimum atomic E-state index is -0.811. The molecule has 0 saturated heterocycles. The van der Waals surface area contributed by atoms with Gasteiger partial charge in [-0.25, -0.2) is 0 Å². The lowest BCUT2D eigenvalue weighted by molar-refractivity contribution is -0.151. The summed E-state index contributed by atoms with van der Waals surface area (Å²) < 4.78 is 5.91. The molecule has 3 unspecified atom stereocenters. The van der Waals surface area contributed by atoms with Crippen LogP contribution in [-0.2, 0) is 14.3 Å². The minimum Gasteiger partial charge on any atom is -0.462 e. The molecular formula is C60H101NO5. The van der Waals surface area contributed by atoms with Crippen LogP contribution in [0, 0.1) is 0 Å². The van der Waals surface area contributed by atoms with Crippen LogP contribution < -0.4 is 5.32 Å². The standard InChI is InChI=1S/C60H101NO5/c1-4-7-10-13-16-19-22-25-27-29-30-32-35-38-41-44-47-50-53-60(65)66-56(51-48-45-42-39-36-33-24-21-18-15-12-9-6-3)54-59(64)61-57(55-62)58(63)52-49-46-43-40-37-34-31-28-26-23-20-17-14-11-8-5-2/h9-10,12-13,15-16,18-19,21-22,24-25,27,29-30,32-33,36,56-58,62-63H,4-8,11,14,17,20,23,26,28,31,34-35,37-55H2,1-3H3,(H,61,64)/b12-9+,13-10+,18-15+,19-16+,24-21+,25-22+,29-27+,32-30+,36-33-. The van der Waals surface area contributed by atoms with E-state index in [1.807, 2.05) is 48.6 Å². The Kier molecular flexibility index (Phi) is 49.7. The Bertz CT molecular complexity index is 1350. The predicted octanol–water partition coefficient (Wildman–Crippen LogP) is 16.7. The SMILES string of the molecule is CC/C=C/C=C/C=C/C=C\CCCCCC(CC(=O)NC(CO)C(O)CCCCCCCCCCCCCCCCCC)OC(=O)CCCCCCC/C=C/C=C/C=C/C=C/C=C/CCC. The van der Waals surface area contributed by atoms with Crippen LogP contribution in [0.25, 0.3) is 0 Å². The molecular weight excluding hydrogens is 815 g/mol. The second-order valence-corrected chi connectivity index (χ2v) is 18.1. The Morgan fingerprint density at radius 1 is 0.455 bits per heavy atom. The molecule has 0 aliphatic heterocycles. The van der Waals surface area contributed by atoms with Crippen LogP contribution in [0.2, 0.25) is 0 Å². The molecule has 0 aliphatic carbocycles. The fraction of sp³-hybridized carbons (Fsp3) is 0.667. The Hall–Kier alpha value is -3.48. The lowest BCUT2D eigenvalue weighted by Gasteiger charge is -2.24. The summed E-state index contributed by atoms with van der Waals surface area (Å²) in [5, 5.41) is 23.8. The molecule has 3 N–H and O–H groups in total. The third kappa shape index (κ3) is 47.0. The van der Waals surface area contributed by atoms with Gasteiger partial charge in [0.2, 0.25) is 5.91 Å². The highest BCUT2D eigenvalue weighted by Gasteiger charge is 2.24. The van der Waals surface area contributed by atoms with Crippen molar-refractivity contribution in [3.63, 3.8) is 0 Å². The Morgan fingerprint density at radius 2 is 0.848 bits per heavy atom. The van der Waals surface area contributed by atoms with Gasteiger partial charge in [0.05, 0.1) is 25.2 Å². The number of amides is 1. The van der Waals surface area contributed by atoms with Crippen LogP contribution in [0.5, 0.6) is 0 Å². The summed E-state index contributed by atoms with van der Waals surface area (Å²) in [5.41, 5.74) is 0. The maximum atomic E-state index is 13.2. The van der Waals surface area contributed by atoms with Crippen molar-refractivity contribution in [2.75, 3.05) is 6.61 Å². The maximum Gasteiger partial charge on any atom is 0.306 e. The first-order valence-electron chi connectivity index (χ1n) is 27.2. The average molecular weight is 916 g/mol. The van der Waals surface area contributed by atoms with Crippen molar-refractivity contribution in [2.24, 2.45) is 0 Å². The molecule has 3 atom stereocenters. The van der Waals surface area contributed by atoms with Crippen molar-refractivity contribution in [3.05, 3.63) is 109 Å². The van der Waals surface area contributed by atoms with E-state index in [2.05, 4.69) is 86.8 Å². The molecule has 0 rings (SSSR count). The zero-order chi connectivity index (χ0) is 48.1. The summed E-state index contributed by atoms with van der Waals surface area (Å²) in [7, 11) is 0. The first-order chi connectivity index (χ1) is 32.5. The summed E-state index contributed by atoms with van der Waals surface area (Å²) in [4.78, 5) is 26.2. The van der Waals surface area contributed by atoms with Gasteiger partial charge in [-0.05, 0) is 64.2 Å². The number of allylic oxidation sites excluding steroid dienone is 18. The van der Waals surface area contributed by atoms with Crippen LogP contribution >= 0.6 is 0 Å². The fourth-order valence-electron chi connectivity index (χ4n) is 7.71. The number of hydrogen-bond acceptors (Lipinski definition) is 5. The smallest absolute Gasteiger partial charge is 0.306 e. The number of rotatable bonds is 47.